The summed E-state index contributed by atoms with van der Waals surface area (Å²) in [6.07, 6.45) is 1.94. The molecule has 0 saturated carbocycles. The fraction of sp³-hybridized carbons (Fsp3) is 0.700. The Balaban J connectivity index is 2.30. The molecular formula is C10H19N3S. The third kappa shape index (κ3) is 4.17. The molecule has 0 aliphatic rings. The van der Waals surface area contributed by atoms with E-state index in [1.807, 2.05) is 6.92 Å². The summed E-state index contributed by atoms with van der Waals surface area (Å²) in [5, 5.41) is 3.24. The highest BCUT2D eigenvalue weighted by Crippen LogP contribution is 2.11. The number of hydrogen-bond donors (Lipinski definition) is 1. The van der Waals surface area contributed by atoms with Crippen molar-refractivity contribution >= 4 is 11.3 Å². The van der Waals surface area contributed by atoms with E-state index >= 15 is 0 Å². The number of aromatic nitrogens is 1. The summed E-state index contributed by atoms with van der Waals surface area (Å²) >= 11 is 1.71. The fourth-order valence-corrected chi connectivity index (χ4v) is 2.11. The van der Waals surface area contributed by atoms with Gasteiger partial charge in [0.2, 0.25) is 0 Å². The van der Waals surface area contributed by atoms with E-state index in [9.17, 15) is 0 Å². The second kappa shape index (κ2) is 5.44. The topological polar surface area (TPSA) is 42.1 Å². The lowest BCUT2D eigenvalue weighted by molar-refractivity contribution is 0.379. The molecule has 3 nitrogen and oxygen atoms in total. The normalized spacial score (nSPS) is 13.5. The molecule has 4 heteroatoms. The molecule has 1 aromatic heterocycles. The zero-order chi connectivity index (χ0) is 10.6. The van der Waals surface area contributed by atoms with Gasteiger partial charge in [0, 0.05) is 23.5 Å². The number of thiazole rings is 1. The lowest BCUT2D eigenvalue weighted by Gasteiger charge is -2.13. The number of nitrogens with two attached hydrogens (primary N) is 1. The Morgan fingerprint density at radius 3 is 2.79 bits per heavy atom. The summed E-state index contributed by atoms with van der Waals surface area (Å²) in [7, 11) is 4.14. The first-order valence-electron chi connectivity index (χ1n) is 4.89. The Morgan fingerprint density at radius 2 is 2.29 bits per heavy atom. The van der Waals surface area contributed by atoms with Crippen LogP contribution in [0.1, 0.15) is 17.1 Å². The van der Waals surface area contributed by atoms with Crippen LogP contribution in [0.25, 0.3) is 0 Å². The van der Waals surface area contributed by atoms with Gasteiger partial charge in [-0.25, -0.2) is 4.98 Å². The number of hydrogen-bond acceptors (Lipinski definition) is 4. The molecular weight excluding hydrogens is 194 g/mol. The van der Waals surface area contributed by atoms with Crippen LogP contribution in [0.5, 0.6) is 0 Å². The molecule has 0 fully saturated rings. The molecule has 1 heterocycles. The maximum Gasteiger partial charge on any atom is 0.0943 e. The molecule has 14 heavy (non-hydrogen) atoms. The van der Waals surface area contributed by atoms with Crippen molar-refractivity contribution in [2.45, 2.75) is 25.8 Å². The van der Waals surface area contributed by atoms with E-state index in [4.69, 9.17) is 5.73 Å². The highest BCUT2D eigenvalue weighted by Gasteiger charge is 2.07. The first-order valence-corrected chi connectivity index (χ1v) is 5.77. The first-order chi connectivity index (χ1) is 6.58. The highest BCUT2D eigenvalue weighted by atomic mass is 32.1. The monoisotopic (exact) mass is 213 g/mol. The molecule has 0 amide bonds. The fourth-order valence-electron chi connectivity index (χ4n) is 1.25. The molecule has 0 aliphatic heterocycles. The first kappa shape index (κ1) is 11.6. The van der Waals surface area contributed by atoms with Gasteiger partial charge in [-0.05, 0) is 34.0 Å². The van der Waals surface area contributed by atoms with E-state index in [0.29, 0.717) is 0 Å². The molecule has 0 aromatic carbocycles. The number of aryl methyl sites for hydroxylation is 1. The smallest absolute Gasteiger partial charge is 0.0943 e. The quantitative estimate of drug-likeness (QED) is 0.801. The van der Waals surface area contributed by atoms with Crippen LogP contribution in [0.15, 0.2) is 5.38 Å². The van der Waals surface area contributed by atoms with E-state index in [1.54, 1.807) is 11.3 Å². The van der Waals surface area contributed by atoms with Gasteiger partial charge in [-0.3, -0.25) is 0 Å². The predicted molar refractivity (Wildman–Crippen MR) is 61.7 cm³/mol. The maximum atomic E-state index is 6.00. The highest BCUT2D eigenvalue weighted by molar-refractivity contribution is 7.09. The molecule has 1 atom stereocenters. The van der Waals surface area contributed by atoms with Crippen LogP contribution >= 0.6 is 11.3 Å². The minimum atomic E-state index is 0.239. The third-order valence-electron chi connectivity index (χ3n) is 2.05. The van der Waals surface area contributed by atoms with Gasteiger partial charge in [-0.15, -0.1) is 11.3 Å². The standard InChI is InChI=1S/C10H19N3S/c1-8-7-14-10(12-8)6-9(11)4-5-13(2)3/h7,9H,4-6,11H2,1-3H3. The van der Waals surface area contributed by atoms with E-state index in [2.05, 4.69) is 29.4 Å². The molecule has 0 saturated heterocycles. The summed E-state index contributed by atoms with van der Waals surface area (Å²) in [6, 6.07) is 0.239. The van der Waals surface area contributed by atoms with Gasteiger partial charge in [0.1, 0.15) is 0 Å². The Morgan fingerprint density at radius 1 is 1.57 bits per heavy atom. The molecule has 1 unspecified atom stereocenters. The summed E-state index contributed by atoms with van der Waals surface area (Å²) in [4.78, 5) is 6.56. The van der Waals surface area contributed by atoms with E-state index in [-0.39, 0.29) is 6.04 Å². The van der Waals surface area contributed by atoms with E-state index in [0.717, 1.165) is 30.1 Å². The molecule has 0 radical (unpaired) electrons. The molecule has 1 aromatic rings. The van der Waals surface area contributed by atoms with Crippen LogP contribution in [0.3, 0.4) is 0 Å². The Bertz CT molecular complexity index is 270. The van der Waals surface area contributed by atoms with Crippen molar-refractivity contribution in [3.8, 4) is 0 Å². The average Bonchev–Trinajstić information content (AvgIpc) is 2.48. The second-order valence-corrected chi connectivity index (χ2v) is 4.88. The molecule has 0 bridgehead atoms. The van der Waals surface area contributed by atoms with Gasteiger partial charge in [-0.1, -0.05) is 0 Å². The van der Waals surface area contributed by atoms with Gasteiger partial charge in [-0.2, -0.15) is 0 Å². The van der Waals surface area contributed by atoms with Crippen molar-refractivity contribution in [1.29, 1.82) is 0 Å². The Kier molecular flexibility index (Phi) is 4.51. The molecule has 0 aliphatic carbocycles. The van der Waals surface area contributed by atoms with Gasteiger partial charge in [0.15, 0.2) is 0 Å². The van der Waals surface area contributed by atoms with Crippen molar-refractivity contribution in [2.75, 3.05) is 20.6 Å². The number of nitrogens with zero attached hydrogens (tertiary/aromatic N) is 2. The summed E-state index contributed by atoms with van der Waals surface area (Å²) in [5.74, 6) is 0. The van der Waals surface area contributed by atoms with Gasteiger partial charge < -0.3 is 10.6 Å². The zero-order valence-electron chi connectivity index (χ0n) is 9.16. The van der Waals surface area contributed by atoms with E-state index in [1.165, 1.54) is 0 Å². The van der Waals surface area contributed by atoms with E-state index < -0.39 is 0 Å². The SMILES string of the molecule is Cc1csc(CC(N)CCN(C)C)n1. The maximum absolute atomic E-state index is 6.00. The molecule has 80 valence electrons. The molecule has 0 spiro atoms. The van der Waals surface area contributed by atoms with Gasteiger partial charge >= 0.3 is 0 Å². The lowest BCUT2D eigenvalue weighted by Crippen LogP contribution is -2.28. The van der Waals surface area contributed by atoms with Crippen molar-refractivity contribution in [3.05, 3.63) is 16.1 Å². The lowest BCUT2D eigenvalue weighted by atomic mass is 10.1. The van der Waals surface area contributed by atoms with Crippen LogP contribution in [-0.4, -0.2) is 36.6 Å². The average molecular weight is 213 g/mol. The minimum Gasteiger partial charge on any atom is -0.327 e. The number of rotatable bonds is 5. The van der Waals surface area contributed by atoms with Crippen LogP contribution in [-0.2, 0) is 6.42 Å². The van der Waals surface area contributed by atoms with Crippen molar-refractivity contribution in [1.82, 2.24) is 9.88 Å². The summed E-state index contributed by atoms with van der Waals surface area (Å²) in [5.41, 5.74) is 7.10. The van der Waals surface area contributed by atoms with Gasteiger partial charge in [0.05, 0.1) is 5.01 Å². The summed E-state index contributed by atoms with van der Waals surface area (Å²) in [6.45, 7) is 3.07. The second-order valence-electron chi connectivity index (χ2n) is 3.94. The van der Waals surface area contributed by atoms with Gasteiger partial charge in [0.25, 0.3) is 0 Å². The van der Waals surface area contributed by atoms with Crippen LogP contribution in [0.4, 0.5) is 0 Å². The van der Waals surface area contributed by atoms with Crippen molar-refractivity contribution in [2.24, 2.45) is 5.73 Å². The minimum absolute atomic E-state index is 0.239. The Hall–Kier alpha value is -0.450. The van der Waals surface area contributed by atoms with Crippen LogP contribution in [0.2, 0.25) is 0 Å². The third-order valence-corrected chi connectivity index (χ3v) is 3.04. The van der Waals surface area contributed by atoms with Crippen LogP contribution < -0.4 is 5.73 Å². The predicted octanol–water partition coefficient (Wildman–Crippen LogP) is 1.27. The largest absolute Gasteiger partial charge is 0.327 e. The van der Waals surface area contributed by atoms with Crippen LogP contribution in [0, 0.1) is 6.92 Å². The van der Waals surface area contributed by atoms with Crippen molar-refractivity contribution in [3.63, 3.8) is 0 Å². The van der Waals surface area contributed by atoms with Crippen molar-refractivity contribution < 1.29 is 0 Å². The summed E-state index contributed by atoms with van der Waals surface area (Å²) < 4.78 is 0. The zero-order valence-corrected chi connectivity index (χ0v) is 9.97. The Labute approximate surface area is 89.9 Å². The molecule has 2 N–H and O–H groups in total. The molecule has 1 rings (SSSR count).